The van der Waals surface area contributed by atoms with Crippen LogP contribution in [0.15, 0.2) is 130 Å². The van der Waals surface area contributed by atoms with E-state index in [1.807, 2.05) is 89.1 Å². The van der Waals surface area contributed by atoms with Gasteiger partial charge in [0.05, 0.1) is 45.4 Å². The number of carbonyl (C=O) groups excluding carboxylic acids is 1. The fraction of sp³-hybridized carbons (Fsp3) is 0.255. The van der Waals surface area contributed by atoms with Crippen molar-refractivity contribution in [1.29, 1.82) is 0 Å². The Bertz CT molecular complexity index is 2730. The van der Waals surface area contributed by atoms with E-state index in [0.717, 1.165) is 42.4 Å². The van der Waals surface area contributed by atoms with Crippen molar-refractivity contribution in [2.45, 2.75) is 44.2 Å². The van der Waals surface area contributed by atoms with Crippen molar-refractivity contribution >= 4 is 38.6 Å². The van der Waals surface area contributed by atoms with E-state index in [1.165, 1.54) is 16.4 Å². The minimum absolute atomic E-state index is 0.135. The predicted molar refractivity (Wildman–Crippen MR) is 242 cm³/mol. The first-order valence-corrected chi connectivity index (χ1v) is 23.4. The van der Waals surface area contributed by atoms with Gasteiger partial charge in [0, 0.05) is 63.1 Å². The molecule has 1 fully saturated rings. The van der Waals surface area contributed by atoms with Crippen LogP contribution in [-0.2, 0) is 40.9 Å². The molecule has 4 heterocycles. The van der Waals surface area contributed by atoms with Crippen LogP contribution in [0, 0.1) is 6.92 Å². The Morgan fingerprint density at radius 3 is 2.24 bits per heavy atom. The summed E-state index contributed by atoms with van der Waals surface area (Å²) in [6, 6.07) is 35.4. The third-order valence-electron chi connectivity index (χ3n) is 10.8. The van der Waals surface area contributed by atoms with Gasteiger partial charge in [-0.1, -0.05) is 53.7 Å². The summed E-state index contributed by atoms with van der Waals surface area (Å²) >= 11 is 3.21. The van der Waals surface area contributed by atoms with E-state index >= 15 is 0 Å². The van der Waals surface area contributed by atoms with Crippen molar-refractivity contribution in [3.63, 3.8) is 0 Å². The number of aryl methyl sites for hydroxylation is 1. The van der Waals surface area contributed by atoms with E-state index in [-0.39, 0.29) is 30.4 Å². The zero-order valence-electron chi connectivity index (χ0n) is 35.0. The van der Waals surface area contributed by atoms with Gasteiger partial charge in [0.25, 0.3) is 11.8 Å². The van der Waals surface area contributed by atoms with Crippen LogP contribution in [0.3, 0.4) is 0 Å². The van der Waals surface area contributed by atoms with Crippen LogP contribution >= 0.6 is 22.7 Å². The Kier molecular flexibility index (Phi) is 13.8. The molecule has 4 aromatic carbocycles. The molecule has 1 amide bonds. The highest BCUT2D eigenvalue weighted by Crippen LogP contribution is 2.36. The lowest BCUT2D eigenvalue weighted by molar-refractivity contribution is -0.0103. The molecular weight excluding hydrogens is 859 g/mol. The molecule has 1 aliphatic rings. The quantitative estimate of drug-likeness (QED) is 0.0879. The molecule has 1 atom stereocenters. The van der Waals surface area contributed by atoms with Gasteiger partial charge >= 0.3 is 0 Å². The van der Waals surface area contributed by atoms with Gasteiger partial charge < -0.3 is 28.7 Å². The molecular formula is C47H47N5O8S3. The van der Waals surface area contributed by atoms with E-state index in [2.05, 4.69) is 22.3 Å². The zero-order chi connectivity index (χ0) is 43.9. The van der Waals surface area contributed by atoms with Gasteiger partial charge in [-0.2, -0.15) is 9.29 Å². The van der Waals surface area contributed by atoms with Gasteiger partial charge in [-0.15, -0.1) is 22.7 Å². The fourth-order valence-electron chi connectivity index (χ4n) is 7.43. The van der Waals surface area contributed by atoms with Crippen LogP contribution in [0.1, 0.15) is 48.9 Å². The highest BCUT2D eigenvalue weighted by atomic mass is 32.2. The number of benzene rings is 4. The number of ether oxygens (including phenoxy) is 3. The number of sulfonamides is 1. The number of morpholine rings is 1. The van der Waals surface area contributed by atoms with Crippen molar-refractivity contribution < 1.29 is 37.1 Å². The molecule has 16 heteroatoms. The second-order valence-electron chi connectivity index (χ2n) is 14.9. The molecule has 0 spiro atoms. The molecule has 63 heavy (non-hydrogen) atoms. The number of aliphatic hydroxyl groups excluding tert-OH is 1. The zero-order valence-corrected chi connectivity index (χ0v) is 37.5. The molecule has 7 aromatic rings. The van der Waals surface area contributed by atoms with Gasteiger partial charge in [-0.25, -0.2) is 8.42 Å². The lowest BCUT2D eigenvalue weighted by atomic mass is 10.1. The van der Waals surface area contributed by atoms with E-state index in [0.29, 0.717) is 61.6 Å². The lowest BCUT2D eigenvalue weighted by Gasteiger charge is -2.28. The summed E-state index contributed by atoms with van der Waals surface area (Å²) in [5.41, 5.74) is 4.56. The summed E-state index contributed by atoms with van der Waals surface area (Å²) in [5, 5.41) is 17.7. The standard InChI is InChI=1S/C47H47N5O8S3/c1-32-48-45(60-49-32)33-10-12-34(13-11-33)46(53)50(30-39-8-6-26-61-39)29-38-15-14-36(27-43(38)58-3)44-21-18-40(62-44)31-51(28-37-7-4-5-9-42(37)57-2)47(54)35-16-19-41(20-17-35)63(55,56)52-22-24-59-25-23-52/h4-21,26-27,46,53H,22-25,28-31H2,1-3H3. The Morgan fingerprint density at radius 1 is 0.810 bits per heavy atom. The molecule has 1 unspecified atom stereocenters. The molecule has 0 radical (unpaired) electrons. The molecule has 8 rings (SSSR count). The van der Waals surface area contributed by atoms with Crippen LogP contribution < -0.4 is 9.47 Å². The van der Waals surface area contributed by atoms with Crippen LogP contribution in [0.4, 0.5) is 0 Å². The average Bonchev–Trinajstić information content (AvgIpc) is 4.12. The van der Waals surface area contributed by atoms with Crippen LogP contribution in [0.5, 0.6) is 11.5 Å². The van der Waals surface area contributed by atoms with Gasteiger partial charge in [0.2, 0.25) is 10.0 Å². The highest BCUT2D eigenvalue weighted by Gasteiger charge is 2.28. The Labute approximate surface area is 374 Å². The lowest BCUT2D eigenvalue weighted by Crippen LogP contribution is -2.40. The maximum Gasteiger partial charge on any atom is 0.257 e. The monoisotopic (exact) mass is 905 g/mol. The third-order valence-corrected chi connectivity index (χ3v) is 14.7. The molecule has 3 aromatic heterocycles. The summed E-state index contributed by atoms with van der Waals surface area (Å²) in [7, 11) is -0.470. The summed E-state index contributed by atoms with van der Waals surface area (Å²) in [4.78, 5) is 25.5. The first-order chi connectivity index (χ1) is 30.6. The summed E-state index contributed by atoms with van der Waals surface area (Å²) in [6.45, 7) is 4.53. The first kappa shape index (κ1) is 43.9. The van der Waals surface area contributed by atoms with Gasteiger partial charge in [0.1, 0.15) is 17.7 Å². The Morgan fingerprint density at radius 2 is 1.54 bits per heavy atom. The maximum atomic E-state index is 14.3. The predicted octanol–water partition coefficient (Wildman–Crippen LogP) is 8.41. The number of rotatable bonds is 17. The van der Waals surface area contributed by atoms with Gasteiger partial charge in [0.15, 0.2) is 5.82 Å². The van der Waals surface area contributed by atoms with Crippen molar-refractivity contribution in [2.75, 3.05) is 40.5 Å². The van der Waals surface area contributed by atoms with E-state index in [1.54, 1.807) is 60.8 Å². The Balaban J connectivity index is 1.01. The number of hydrogen-bond acceptors (Lipinski definition) is 13. The minimum Gasteiger partial charge on any atom is -0.496 e. The summed E-state index contributed by atoms with van der Waals surface area (Å²) in [5.74, 6) is 2.07. The van der Waals surface area contributed by atoms with E-state index < -0.39 is 16.3 Å². The summed E-state index contributed by atoms with van der Waals surface area (Å²) in [6.07, 6.45) is -0.919. The van der Waals surface area contributed by atoms with Crippen molar-refractivity contribution in [3.8, 4) is 33.4 Å². The number of para-hydroxylation sites is 1. The van der Waals surface area contributed by atoms with Crippen LogP contribution in [0.2, 0.25) is 0 Å². The largest absolute Gasteiger partial charge is 0.496 e. The number of hydrogen-bond donors (Lipinski definition) is 1. The fourth-order valence-corrected chi connectivity index (χ4v) is 10.6. The minimum atomic E-state index is -3.72. The van der Waals surface area contributed by atoms with Crippen LogP contribution in [-0.4, -0.2) is 84.2 Å². The molecule has 1 saturated heterocycles. The number of aromatic nitrogens is 2. The molecule has 0 aliphatic carbocycles. The number of nitrogens with zero attached hydrogens (tertiary/aromatic N) is 5. The highest BCUT2D eigenvalue weighted by molar-refractivity contribution is 7.89. The SMILES string of the molecule is COc1ccccc1CN(Cc1ccc(-c2ccc(CN(Cc3cccs3)C(O)c3ccc(-c4nc(C)no4)cc3)c(OC)c2)s1)C(=O)c1ccc(S(=O)(=O)N2CCOCC2)cc1. The number of amides is 1. The molecule has 1 aliphatic heterocycles. The van der Waals surface area contributed by atoms with Crippen molar-refractivity contribution in [1.82, 2.24) is 24.2 Å². The number of thiophene rings is 2. The van der Waals surface area contributed by atoms with E-state index in [9.17, 15) is 18.3 Å². The third kappa shape index (κ3) is 10.2. The molecule has 0 bridgehead atoms. The van der Waals surface area contributed by atoms with Crippen molar-refractivity contribution in [2.24, 2.45) is 0 Å². The smallest absolute Gasteiger partial charge is 0.257 e. The number of aliphatic hydroxyl groups is 1. The summed E-state index contributed by atoms with van der Waals surface area (Å²) < 4.78 is 50.3. The molecule has 13 nitrogen and oxygen atoms in total. The van der Waals surface area contributed by atoms with Crippen molar-refractivity contribution in [3.05, 3.63) is 158 Å². The molecule has 1 N–H and O–H groups in total. The topological polar surface area (TPSA) is 148 Å². The van der Waals surface area contributed by atoms with Gasteiger partial charge in [-0.05, 0) is 90.2 Å². The van der Waals surface area contributed by atoms with E-state index in [4.69, 9.17) is 18.7 Å². The normalized spacial score (nSPS) is 13.9. The Hall–Kier alpha value is -5.72. The second kappa shape index (κ2) is 19.8. The number of carbonyl (C=O) groups is 1. The van der Waals surface area contributed by atoms with Gasteiger partial charge in [-0.3, -0.25) is 9.69 Å². The molecule has 326 valence electrons. The molecule has 0 saturated carbocycles. The maximum absolute atomic E-state index is 14.3. The second-order valence-corrected chi connectivity index (χ2v) is 19.1. The number of methoxy groups -OCH3 is 2. The first-order valence-electron chi connectivity index (χ1n) is 20.3. The average molecular weight is 906 g/mol. The van der Waals surface area contributed by atoms with Crippen LogP contribution in [0.25, 0.3) is 21.9 Å².